The molecule has 4 rings (SSSR count). The molecular formula is C28H31F2N5O2. The van der Waals surface area contributed by atoms with E-state index < -0.39 is 11.6 Å². The summed E-state index contributed by atoms with van der Waals surface area (Å²) in [4.78, 5) is 27.9. The third kappa shape index (κ3) is 7.16. The van der Waals surface area contributed by atoms with Crippen molar-refractivity contribution in [1.82, 2.24) is 14.9 Å². The number of oxime groups is 1. The van der Waals surface area contributed by atoms with Gasteiger partial charge >= 0.3 is 0 Å². The van der Waals surface area contributed by atoms with E-state index in [1.165, 1.54) is 13.0 Å². The maximum absolute atomic E-state index is 13.9. The Morgan fingerprint density at radius 1 is 1.11 bits per heavy atom. The molecule has 1 saturated heterocycles. The van der Waals surface area contributed by atoms with Crippen LogP contribution < -0.4 is 5.32 Å². The number of piperidine rings is 1. The second-order valence-corrected chi connectivity index (χ2v) is 9.19. The third-order valence-corrected chi connectivity index (χ3v) is 6.26. The normalized spacial score (nSPS) is 15.0. The van der Waals surface area contributed by atoms with Gasteiger partial charge in [-0.15, -0.1) is 0 Å². The van der Waals surface area contributed by atoms with Crippen molar-refractivity contribution in [2.45, 2.75) is 45.6 Å². The quantitative estimate of drug-likeness (QED) is 0.242. The number of anilines is 1. The zero-order chi connectivity index (χ0) is 26.2. The van der Waals surface area contributed by atoms with Gasteiger partial charge in [-0.1, -0.05) is 18.1 Å². The van der Waals surface area contributed by atoms with Crippen molar-refractivity contribution in [1.29, 1.82) is 0 Å². The van der Waals surface area contributed by atoms with Crippen molar-refractivity contribution in [2.24, 2.45) is 5.16 Å². The number of halogens is 2. The van der Waals surface area contributed by atoms with Gasteiger partial charge in [-0.05, 0) is 79.7 Å². The van der Waals surface area contributed by atoms with Crippen LogP contribution in [0.1, 0.15) is 61.4 Å². The molecule has 0 atom stereocenters. The molecule has 37 heavy (non-hydrogen) atoms. The first kappa shape index (κ1) is 26.3. The highest BCUT2D eigenvalue weighted by molar-refractivity contribution is 6.11. The molecule has 0 spiro atoms. The van der Waals surface area contributed by atoms with Crippen molar-refractivity contribution in [3.8, 4) is 0 Å². The van der Waals surface area contributed by atoms with E-state index in [9.17, 15) is 13.6 Å². The van der Waals surface area contributed by atoms with Crippen LogP contribution >= 0.6 is 0 Å². The molecule has 2 aromatic heterocycles. The molecule has 1 aromatic carbocycles. The average molecular weight is 508 g/mol. The molecule has 194 valence electrons. The van der Waals surface area contributed by atoms with Gasteiger partial charge in [0.15, 0.2) is 11.6 Å². The summed E-state index contributed by atoms with van der Waals surface area (Å²) >= 11 is 0. The predicted molar refractivity (Wildman–Crippen MR) is 138 cm³/mol. The zero-order valence-electron chi connectivity index (χ0n) is 21.1. The first-order chi connectivity index (χ1) is 17.9. The number of carbonyl (C=O) groups is 1. The van der Waals surface area contributed by atoms with Gasteiger partial charge in [0.2, 0.25) is 5.91 Å². The minimum atomic E-state index is -0.946. The number of hydrogen-bond acceptors (Lipinski definition) is 6. The van der Waals surface area contributed by atoms with Crippen LogP contribution in [-0.2, 0) is 16.2 Å². The van der Waals surface area contributed by atoms with E-state index in [0.29, 0.717) is 29.5 Å². The molecule has 0 unspecified atom stereocenters. The average Bonchev–Trinajstić information content (AvgIpc) is 2.89. The summed E-state index contributed by atoms with van der Waals surface area (Å²) in [5, 5.41) is 6.95. The van der Waals surface area contributed by atoms with Gasteiger partial charge in [-0.25, -0.2) is 8.78 Å². The van der Waals surface area contributed by atoms with Gasteiger partial charge in [0.1, 0.15) is 12.3 Å². The van der Waals surface area contributed by atoms with E-state index in [0.717, 1.165) is 67.8 Å². The molecule has 0 aliphatic carbocycles. The Labute approximate surface area is 215 Å². The van der Waals surface area contributed by atoms with Crippen molar-refractivity contribution >= 4 is 17.3 Å². The minimum absolute atomic E-state index is 0.106. The molecule has 9 heteroatoms. The number of rotatable bonds is 9. The standard InChI is InChI=1S/C28H31F2N5O2/c1-3-12-37-34-28(22-5-6-25(29)26(30)14-22)27-7-4-20(15-32-27)18-35-10-8-21(9-11-35)23-13-24(17-31-16-23)33-19(2)36/h4-7,13-17,21H,3,8-12,18H2,1-2H3,(H,33,36). The lowest BCUT2D eigenvalue weighted by atomic mass is 9.90. The summed E-state index contributed by atoms with van der Waals surface area (Å²) in [6, 6.07) is 9.46. The lowest BCUT2D eigenvalue weighted by Gasteiger charge is -2.32. The fourth-order valence-electron chi connectivity index (χ4n) is 4.39. The van der Waals surface area contributed by atoms with E-state index in [-0.39, 0.29) is 5.91 Å². The smallest absolute Gasteiger partial charge is 0.221 e. The van der Waals surface area contributed by atoms with Crippen LogP contribution in [0.3, 0.4) is 0 Å². The lowest BCUT2D eigenvalue weighted by molar-refractivity contribution is -0.114. The van der Waals surface area contributed by atoms with Gasteiger partial charge in [-0.3, -0.25) is 19.7 Å². The summed E-state index contributed by atoms with van der Waals surface area (Å²) in [6.07, 6.45) is 8.10. The van der Waals surface area contributed by atoms with Crippen molar-refractivity contribution < 1.29 is 18.4 Å². The number of pyridine rings is 2. The maximum atomic E-state index is 13.9. The number of hydrogen-bond donors (Lipinski definition) is 1. The van der Waals surface area contributed by atoms with Crippen molar-refractivity contribution in [2.75, 3.05) is 25.0 Å². The summed E-state index contributed by atoms with van der Waals surface area (Å²) < 4.78 is 27.3. The Morgan fingerprint density at radius 3 is 2.59 bits per heavy atom. The summed E-state index contributed by atoms with van der Waals surface area (Å²) in [7, 11) is 0. The fourth-order valence-corrected chi connectivity index (χ4v) is 4.39. The molecule has 3 aromatic rings. The second-order valence-electron chi connectivity index (χ2n) is 9.19. The van der Waals surface area contributed by atoms with Crippen LogP contribution in [0.5, 0.6) is 0 Å². The fraction of sp³-hybridized carbons (Fsp3) is 0.357. The molecule has 1 N–H and O–H groups in total. The topological polar surface area (TPSA) is 79.7 Å². The van der Waals surface area contributed by atoms with Crippen LogP contribution in [0.15, 0.2) is 60.1 Å². The molecule has 7 nitrogen and oxygen atoms in total. The molecular weight excluding hydrogens is 476 g/mol. The highest BCUT2D eigenvalue weighted by atomic mass is 19.2. The molecule has 0 saturated carbocycles. The number of aromatic nitrogens is 2. The monoisotopic (exact) mass is 507 g/mol. The lowest BCUT2D eigenvalue weighted by Crippen LogP contribution is -2.32. The minimum Gasteiger partial charge on any atom is -0.395 e. The highest BCUT2D eigenvalue weighted by Crippen LogP contribution is 2.29. The molecule has 1 aliphatic rings. The number of carbonyl (C=O) groups excluding carboxylic acids is 1. The van der Waals surface area contributed by atoms with Crippen molar-refractivity contribution in [3.05, 3.63) is 89.0 Å². The van der Waals surface area contributed by atoms with Gasteiger partial charge in [0.25, 0.3) is 0 Å². The number of amides is 1. The molecule has 3 heterocycles. The Morgan fingerprint density at radius 2 is 1.92 bits per heavy atom. The van der Waals surface area contributed by atoms with Crippen LogP contribution in [0, 0.1) is 11.6 Å². The Kier molecular flexibility index (Phi) is 8.90. The van der Waals surface area contributed by atoms with Gasteiger partial charge < -0.3 is 10.2 Å². The third-order valence-electron chi connectivity index (χ3n) is 6.26. The molecule has 1 fully saturated rings. The van der Waals surface area contributed by atoms with E-state index in [1.807, 2.05) is 31.3 Å². The number of nitrogens with zero attached hydrogens (tertiary/aromatic N) is 4. The first-order valence-electron chi connectivity index (χ1n) is 12.5. The van der Waals surface area contributed by atoms with Crippen LogP contribution in [0.25, 0.3) is 0 Å². The van der Waals surface area contributed by atoms with Crippen molar-refractivity contribution in [3.63, 3.8) is 0 Å². The van der Waals surface area contributed by atoms with E-state index in [4.69, 9.17) is 4.84 Å². The maximum Gasteiger partial charge on any atom is 0.221 e. The largest absolute Gasteiger partial charge is 0.395 e. The second kappa shape index (κ2) is 12.5. The summed E-state index contributed by atoms with van der Waals surface area (Å²) in [5.41, 5.74) is 4.20. The SMILES string of the molecule is CCCON=C(c1ccc(F)c(F)c1)c1ccc(CN2CCC(c3cncc(NC(C)=O)c3)CC2)cn1. The van der Waals surface area contributed by atoms with E-state index in [2.05, 4.69) is 25.3 Å². The first-order valence-corrected chi connectivity index (χ1v) is 12.5. The summed E-state index contributed by atoms with van der Waals surface area (Å²) in [6.45, 7) is 6.49. The van der Waals surface area contributed by atoms with Crippen LogP contribution in [0.2, 0.25) is 0 Å². The zero-order valence-corrected chi connectivity index (χ0v) is 21.1. The Hall–Kier alpha value is -3.72. The molecule has 1 aliphatic heterocycles. The van der Waals surface area contributed by atoms with Crippen LogP contribution in [0.4, 0.5) is 14.5 Å². The number of nitrogens with one attached hydrogen (secondary N) is 1. The van der Waals surface area contributed by atoms with Gasteiger partial charge in [0, 0.05) is 31.4 Å². The predicted octanol–water partition coefficient (Wildman–Crippen LogP) is 5.27. The summed E-state index contributed by atoms with van der Waals surface area (Å²) in [5.74, 6) is -1.57. The van der Waals surface area contributed by atoms with E-state index >= 15 is 0 Å². The molecule has 0 radical (unpaired) electrons. The Bertz CT molecular complexity index is 1240. The number of benzene rings is 1. The van der Waals surface area contributed by atoms with E-state index in [1.54, 1.807) is 12.4 Å². The number of likely N-dealkylation sites (tertiary alicyclic amines) is 1. The van der Waals surface area contributed by atoms with Gasteiger partial charge in [0.05, 0.1) is 17.6 Å². The Balaban J connectivity index is 1.39. The highest BCUT2D eigenvalue weighted by Gasteiger charge is 2.22. The molecule has 1 amide bonds. The van der Waals surface area contributed by atoms with Gasteiger partial charge in [-0.2, -0.15) is 0 Å². The molecule has 0 bridgehead atoms. The van der Waals surface area contributed by atoms with Crippen LogP contribution in [-0.4, -0.2) is 46.2 Å².